The topological polar surface area (TPSA) is 72.7 Å². The fraction of sp³-hybridized carbons (Fsp3) is 0.364. The van der Waals surface area contributed by atoms with Crippen molar-refractivity contribution in [2.24, 2.45) is 5.92 Å². The summed E-state index contributed by atoms with van der Waals surface area (Å²) >= 11 is 6.03. The van der Waals surface area contributed by atoms with Crippen LogP contribution in [0.1, 0.15) is 50.6 Å². The molecule has 3 unspecified atom stereocenters. The van der Waals surface area contributed by atoms with Gasteiger partial charge in [0, 0.05) is 10.6 Å². The molecule has 0 saturated heterocycles. The van der Waals surface area contributed by atoms with Gasteiger partial charge < -0.3 is 5.32 Å². The fourth-order valence-electron chi connectivity index (χ4n) is 4.15. The van der Waals surface area contributed by atoms with Gasteiger partial charge in [0.1, 0.15) is 12.1 Å². The van der Waals surface area contributed by atoms with E-state index in [1.807, 2.05) is 16.8 Å². The van der Waals surface area contributed by atoms with Gasteiger partial charge >= 0.3 is 0 Å². The van der Waals surface area contributed by atoms with Gasteiger partial charge in [-0.3, -0.25) is 4.79 Å². The molecule has 3 atom stereocenters. The van der Waals surface area contributed by atoms with Crippen LogP contribution < -0.4 is 5.32 Å². The van der Waals surface area contributed by atoms with Gasteiger partial charge in [0.25, 0.3) is 5.91 Å². The molecule has 1 aliphatic carbocycles. The molecule has 2 heterocycles. The molecule has 1 aliphatic rings. The summed E-state index contributed by atoms with van der Waals surface area (Å²) in [5.74, 6) is 1.25. The Bertz CT molecular complexity index is 1060. The Morgan fingerprint density at radius 1 is 1.28 bits per heavy atom. The molecular formula is C22H24ClN5O. The number of benzene rings is 1. The Balaban J connectivity index is 1.54. The van der Waals surface area contributed by atoms with E-state index in [2.05, 4.69) is 46.0 Å². The van der Waals surface area contributed by atoms with Crippen molar-refractivity contribution in [1.82, 2.24) is 19.7 Å². The predicted molar refractivity (Wildman–Crippen MR) is 115 cm³/mol. The highest BCUT2D eigenvalue weighted by Crippen LogP contribution is 2.43. The summed E-state index contributed by atoms with van der Waals surface area (Å²) < 4.78 is 1.99. The van der Waals surface area contributed by atoms with Gasteiger partial charge in [0.05, 0.1) is 17.6 Å². The molecule has 1 saturated carbocycles. The molecule has 1 fully saturated rings. The second kappa shape index (κ2) is 7.95. The van der Waals surface area contributed by atoms with Crippen molar-refractivity contribution in [2.75, 3.05) is 5.32 Å². The third-order valence-electron chi connectivity index (χ3n) is 5.90. The summed E-state index contributed by atoms with van der Waals surface area (Å²) in [6.07, 6.45) is 6.44. The van der Waals surface area contributed by atoms with E-state index in [1.165, 1.54) is 11.9 Å². The van der Waals surface area contributed by atoms with Crippen molar-refractivity contribution in [3.8, 4) is 0 Å². The summed E-state index contributed by atoms with van der Waals surface area (Å²) in [6.45, 7) is 7.62. The van der Waals surface area contributed by atoms with E-state index < -0.39 is 0 Å². The first-order valence-corrected chi connectivity index (χ1v) is 10.2. The zero-order valence-electron chi connectivity index (χ0n) is 16.6. The molecule has 150 valence electrons. The summed E-state index contributed by atoms with van der Waals surface area (Å²) in [4.78, 5) is 20.6. The van der Waals surface area contributed by atoms with E-state index in [4.69, 9.17) is 11.6 Å². The van der Waals surface area contributed by atoms with Crippen LogP contribution in [-0.2, 0) is 4.79 Å². The first-order chi connectivity index (χ1) is 13.9. The highest BCUT2D eigenvalue weighted by molar-refractivity contribution is 6.30. The number of amides is 1. The predicted octanol–water partition coefficient (Wildman–Crippen LogP) is 5.14. The third kappa shape index (κ3) is 3.90. The summed E-state index contributed by atoms with van der Waals surface area (Å²) in [5.41, 5.74) is 2.50. The molecule has 0 bridgehead atoms. The van der Waals surface area contributed by atoms with Gasteiger partial charge in [-0.15, -0.1) is 0 Å². The van der Waals surface area contributed by atoms with E-state index in [9.17, 15) is 4.79 Å². The smallest absolute Gasteiger partial charge is 0.251 e. The average Bonchev–Trinajstić information content (AvgIpc) is 3.35. The summed E-state index contributed by atoms with van der Waals surface area (Å²) in [6, 6.07) is 8.43. The average molecular weight is 410 g/mol. The number of hydrogen-bond donors (Lipinski definition) is 1. The van der Waals surface area contributed by atoms with Gasteiger partial charge in [-0.2, -0.15) is 5.10 Å². The van der Waals surface area contributed by atoms with Gasteiger partial charge in [-0.25, -0.2) is 14.6 Å². The largest absolute Gasteiger partial charge is 0.306 e. The first-order valence-electron chi connectivity index (χ1n) is 9.84. The molecule has 7 heteroatoms. The summed E-state index contributed by atoms with van der Waals surface area (Å²) in [7, 11) is 0. The third-order valence-corrected chi connectivity index (χ3v) is 6.16. The minimum atomic E-state index is -0.254. The normalized spacial score (nSPS) is 20.0. The Kier molecular flexibility index (Phi) is 5.37. The molecule has 2 aromatic heterocycles. The molecule has 1 amide bonds. The maximum absolute atomic E-state index is 12.0. The molecule has 6 nitrogen and oxygen atoms in total. The van der Waals surface area contributed by atoms with E-state index in [0.717, 1.165) is 35.3 Å². The number of carbonyl (C=O) groups is 1. The lowest BCUT2D eigenvalue weighted by molar-refractivity contribution is -0.112. The van der Waals surface area contributed by atoms with Gasteiger partial charge in [-0.1, -0.05) is 37.2 Å². The second-order valence-electron chi connectivity index (χ2n) is 7.85. The standard InChI is InChI=1S/C22H24ClN5O/c1-13(2)22(29)27-20-19-11-26-28(21(19)25-12-24-20)18-9-6-16(10-18)14(3)15-4-7-17(23)8-5-15/h4-5,7-8,11-12,14,16,18H,1,6,9-10H2,2-3H3,(H,24,25,27,29). The first kappa shape index (κ1) is 19.6. The Labute approximate surface area is 175 Å². The lowest BCUT2D eigenvalue weighted by Gasteiger charge is -2.20. The number of halogens is 1. The number of rotatable bonds is 5. The van der Waals surface area contributed by atoms with Crippen LogP contribution >= 0.6 is 11.6 Å². The number of nitrogens with one attached hydrogen (secondary N) is 1. The monoisotopic (exact) mass is 409 g/mol. The zero-order chi connectivity index (χ0) is 20.5. The summed E-state index contributed by atoms with van der Waals surface area (Å²) in [5, 5.41) is 8.89. The number of aromatic nitrogens is 4. The van der Waals surface area contributed by atoms with Gasteiger partial charge in [0.2, 0.25) is 0 Å². The Morgan fingerprint density at radius 2 is 2.03 bits per heavy atom. The van der Waals surface area contributed by atoms with Crippen molar-refractivity contribution in [3.05, 3.63) is 59.5 Å². The minimum absolute atomic E-state index is 0.254. The zero-order valence-corrected chi connectivity index (χ0v) is 17.4. The van der Waals surface area contributed by atoms with Gasteiger partial charge in [-0.05, 0) is 55.7 Å². The van der Waals surface area contributed by atoms with Crippen LogP contribution in [0.15, 0.2) is 48.9 Å². The lowest BCUT2D eigenvalue weighted by atomic mass is 9.86. The lowest BCUT2D eigenvalue weighted by Crippen LogP contribution is -2.14. The maximum Gasteiger partial charge on any atom is 0.251 e. The molecule has 29 heavy (non-hydrogen) atoms. The SMILES string of the molecule is C=C(C)C(=O)Nc1ncnc2c1cnn2C1CCC(C(C)c2ccc(Cl)cc2)C1. The van der Waals surface area contributed by atoms with Crippen LogP contribution in [0.2, 0.25) is 5.02 Å². The van der Waals surface area contributed by atoms with Crippen LogP contribution in [-0.4, -0.2) is 25.7 Å². The van der Waals surface area contributed by atoms with Crippen molar-refractivity contribution in [2.45, 2.75) is 45.1 Å². The molecule has 4 rings (SSSR count). The van der Waals surface area contributed by atoms with E-state index >= 15 is 0 Å². The minimum Gasteiger partial charge on any atom is -0.306 e. The number of hydrogen-bond acceptors (Lipinski definition) is 4. The Morgan fingerprint density at radius 3 is 2.76 bits per heavy atom. The van der Waals surface area contributed by atoms with Gasteiger partial charge in [0.15, 0.2) is 5.65 Å². The van der Waals surface area contributed by atoms with Crippen LogP contribution in [0.3, 0.4) is 0 Å². The Hall–Kier alpha value is -2.73. The highest BCUT2D eigenvalue weighted by Gasteiger charge is 2.32. The van der Waals surface area contributed by atoms with Crippen LogP contribution in [0.5, 0.6) is 0 Å². The van der Waals surface area contributed by atoms with Crippen LogP contribution in [0.4, 0.5) is 5.82 Å². The molecule has 0 radical (unpaired) electrons. The maximum atomic E-state index is 12.0. The molecular weight excluding hydrogens is 386 g/mol. The molecule has 0 aliphatic heterocycles. The van der Waals surface area contributed by atoms with Crippen molar-refractivity contribution >= 4 is 34.4 Å². The van der Waals surface area contributed by atoms with Crippen molar-refractivity contribution in [3.63, 3.8) is 0 Å². The molecule has 1 N–H and O–H groups in total. The highest BCUT2D eigenvalue weighted by atomic mass is 35.5. The van der Waals surface area contributed by atoms with Crippen molar-refractivity contribution in [1.29, 1.82) is 0 Å². The number of anilines is 1. The molecule has 3 aromatic rings. The van der Waals surface area contributed by atoms with E-state index in [0.29, 0.717) is 23.2 Å². The van der Waals surface area contributed by atoms with E-state index in [1.54, 1.807) is 13.1 Å². The molecule has 1 aromatic carbocycles. The number of nitrogens with zero attached hydrogens (tertiary/aromatic N) is 4. The molecule has 0 spiro atoms. The fourth-order valence-corrected chi connectivity index (χ4v) is 4.28. The quantitative estimate of drug-likeness (QED) is 0.592. The van der Waals surface area contributed by atoms with Crippen LogP contribution in [0, 0.1) is 5.92 Å². The number of carbonyl (C=O) groups excluding carboxylic acids is 1. The van der Waals surface area contributed by atoms with Crippen LogP contribution in [0.25, 0.3) is 11.0 Å². The van der Waals surface area contributed by atoms with Crippen molar-refractivity contribution < 1.29 is 4.79 Å². The number of fused-ring (bicyclic) bond motifs is 1. The van der Waals surface area contributed by atoms with E-state index in [-0.39, 0.29) is 11.9 Å². The second-order valence-corrected chi connectivity index (χ2v) is 8.29.